The van der Waals surface area contributed by atoms with E-state index < -0.39 is 17.6 Å². The van der Waals surface area contributed by atoms with Crippen LogP contribution in [-0.2, 0) is 17.5 Å². The summed E-state index contributed by atoms with van der Waals surface area (Å²) >= 11 is 0. The number of nitrogens with one attached hydrogen (secondary N) is 1. The Balaban J connectivity index is 3.21. The highest BCUT2D eigenvalue weighted by atomic mass is 19.4. The molecule has 1 aromatic rings. The summed E-state index contributed by atoms with van der Waals surface area (Å²) in [7, 11) is 0. The minimum absolute atomic E-state index is 0.0677. The topological polar surface area (TPSA) is 68.0 Å². The number of hydrogen-bond acceptors (Lipinski definition) is 3. The summed E-state index contributed by atoms with van der Waals surface area (Å²) in [5, 5.41) is 2.31. The summed E-state index contributed by atoms with van der Waals surface area (Å²) in [6, 6.07) is 0.768. The zero-order valence-corrected chi connectivity index (χ0v) is 9.35. The maximum Gasteiger partial charge on any atom is 0.416 e. The van der Waals surface area contributed by atoms with E-state index in [4.69, 9.17) is 5.73 Å². The number of nitrogens with two attached hydrogens (primary N) is 1. The molecule has 1 aromatic heterocycles. The van der Waals surface area contributed by atoms with E-state index in [1.165, 1.54) is 13.8 Å². The Morgan fingerprint density at radius 1 is 1.53 bits per heavy atom. The van der Waals surface area contributed by atoms with Gasteiger partial charge in [0.1, 0.15) is 5.82 Å². The number of halogens is 3. The fraction of sp³-hybridized carbons (Fsp3) is 0.400. The van der Waals surface area contributed by atoms with Gasteiger partial charge in [-0.1, -0.05) is 0 Å². The Hall–Kier alpha value is -1.79. The summed E-state index contributed by atoms with van der Waals surface area (Å²) in [6.07, 6.45) is -4.52. The molecule has 0 radical (unpaired) electrons. The SMILES string of the molecule is CC(=O)NCc1c(C(F)(F)F)cc(N)nc1C. The van der Waals surface area contributed by atoms with Crippen molar-refractivity contribution in [3.05, 3.63) is 22.9 Å². The van der Waals surface area contributed by atoms with Gasteiger partial charge >= 0.3 is 6.18 Å². The number of nitrogens with zero attached hydrogens (tertiary/aromatic N) is 1. The van der Waals surface area contributed by atoms with Crippen molar-refractivity contribution in [3.63, 3.8) is 0 Å². The van der Waals surface area contributed by atoms with Crippen LogP contribution >= 0.6 is 0 Å². The summed E-state index contributed by atoms with van der Waals surface area (Å²) in [5.74, 6) is -0.601. The van der Waals surface area contributed by atoms with E-state index in [0.717, 1.165) is 6.07 Å². The second-order valence-electron chi connectivity index (χ2n) is 3.57. The fourth-order valence-corrected chi connectivity index (χ4v) is 1.41. The van der Waals surface area contributed by atoms with Gasteiger partial charge in [0.15, 0.2) is 0 Å². The van der Waals surface area contributed by atoms with E-state index in [-0.39, 0.29) is 23.6 Å². The summed E-state index contributed by atoms with van der Waals surface area (Å²) in [6.45, 7) is 2.43. The fourth-order valence-electron chi connectivity index (χ4n) is 1.41. The summed E-state index contributed by atoms with van der Waals surface area (Å²) in [4.78, 5) is 14.5. The Bertz CT molecular complexity index is 443. The van der Waals surface area contributed by atoms with E-state index in [0.29, 0.717) is 0 Å². The smallest absolute Gasteiger partial charge is 0.384 e. The predicted octanol–water partition coefficient (Wildman–Crippen LogP) is 1.63. The van der Waals surface area contributed by atoms with Crippen LogP contribution in [0.3, 0.4) is 0 Å². The van der Waals surface area contributed by atoms with E-state index in [2.05, 4.69) is 10.3 Å². The van der Waals surface area contributed by atoms with Crippen molar-refractivity contribution in [2.45, 2.75) is 26.6 Å². The Kier molecular flexibility index (Phi) is 3.59. The van der Waals surface area contributed by atoms with Crippen LogP contribution in [0.4, 0.5) is 19.0 Å². The molecule has 0 unspecified atom stereocenters. The molecule has 0 saturated carbocycles. The minimum Gasteiger partial charge on any atom is -0.384 e. The molecule has 0 aliphatic heterocycles. The third kappa shape index (κ3) is 3.33. The van der Waals surface area contributed by atoms with Crippen molar-refractivity contribution >= 4 is 11.7 Å². The van der Waals surface area contributed by atoms with Gasteiger partial charge in [-0.2, -0.15) is 13.2 Å². The molecular weight excluding hydrogens is 235 g/mol. The van der Waals surface area contributed by atoms with E-state index >= 15 is 0 Å². The highest BCUT2D eigenvalue weighted by molar-refractivity contribution is 5.72. The van der Waals surface area contributed by atoms with Gasteiger partial charge in [-0.25, -0.2) is 4.98 Å². The minimum atomic E-state index is -4.52. The van der Waals surface area contributed by atoms with Crippen LogP contribution < -0.4 is 11.1 Å². The first-order valence-electron chi connectivity index (χ1n) is 4.79. The van der Waals surface area contributed by atoms with Gasteiger partial charge in [0, 0.05) is 24.7 Å². The number of pyridine rings is 1. The van der Waals surface area contributed by atoms with E-state index in [1.54, 1.807) is 0 Å². The highest BCUT2D eigenvalue weighted by Gasteiger charge is 2.34. The molecule has 4 nitrogen and oxygen atoms in total. The lowest BCUT2D eigenvalue weighted by Crippen LogP contribution is -2.23. The molecular formula is C10H12F3N3O. The van der Waals surface area contributed by atoms with Crippen molar-refractivity contribution in [1.29, 1.82) is 0 Å². The number of carbonyl (C=O) groups excluding carboxylic acids is 1. The molecule has 1 rings (SSSR count). The molecule has 1 heterocycles. The number of alkyl halides is 3. The number of nitrogen functional groups attached to an aromatic ring is 1. The van der Waals surface area contributed by atoms with Gasteiger partial charge in [0.2, 0.25) is 5.91 Å². The van der Waals surface area contributed by atoms with Crippen molar-refractivity contribution in [1.82, 2.24) is 10.3 Å². The first-order chi connectivity index (χ1) is 7.71. The lowest BCUT2D eigenvalue weighted by molar-refractivity contribution is -0.138. The van der Waals surface area contributed by atoms with Gasteiger partial charge in [0.05, 0.1) is 5.56 Å². The number of carbonyl (C=O) groups is 1. The molecule has 0 aliphatic rings. The predicted molar refractivity (Wildman–Crippen MR) is 55.9 cm³/mol. The zero-order chi connectivity index (χ0) is 13.2. The monoisotopic (exact) mass is 247 g/mol. The van der Waals surface area contributed by atoms with Crippen LogP contribution in [0.5, 0.6) is 0 Å². The van der Waals surface area contributed by atoms with Crippen LogP contribution in [0.1, 0.15) is 23.7 Å². The molecule has 0 bridgehead atoms. The molecule has 0 aromatic carbocycles. The molecule has 17 heavy (non-hydrogen) atoms. The van der Waals surface area contributed by atoms with Gasteiger partial charge in [-0.05, 0) is 13.0 Å². The number of hydrogen-bond donors (Lipinski definition) is 2. The van der Waals surface area contributed by atoms with Crippen molar-refractivity contribution in [3.8, 4) is 0 Å². The van der Waals surface area contributed by atoms with E-state index in [9.17, 15) is 18.0 Å². The highest BCUT2D eigenvalue weighted by Crippen LogP contribution is 2.33. The second-order valence-corrected chi connectivity index (χ2v) is 3.57. The molecule has 3 N–H and O–H groups in total. The molecule has 0 fully saturated rings. The number of aromatic nitrogens is 1. The van der Waals surface area contributed by atoms with Gasteiger partial charge in [-0.15, -0.1) is 0 Å². The number of aryl methyl sites for hydroxylation is 1. The molecule has 1 amide bonds. The van der Waals surface area contributed by atoms with Crippen molar-refractivity contribution in [2.75, 3.05) is 5.73 Å². The van der Waals surface area contributed by atoms with Crippen LogP contribution in [0.2, 0.25) is 0 Å². The average Bonchev–Trinajstić information content (AvgIpc) is 2.13. The van der Waals surface area contributed by atoms with Crippen LogP contribution in [0.15, 0.2) is 6.07 Å². The largest absolute Gasteiger partial charge is 0.416 e. The lowest BCUT2D eigenvalue weighted by Gasteiger charge is -2.15. The van der Waals surface area contributed by atoms with Crippen molar-refractivity contribution < 1.29 is 18.0 Å². The lowest BCUT2D eigenvalue weighted by atomic mass is 10.1. The molecule has 0 saturated heterocycles. The Labute approximate surface area is 96.0 Å². The number of amides is 1. The van der Waals surface area contributed by atoms with E-state index in [1.807, 2.05) is 0 Å². The standard InChI is InChI=1S/C10H12F3N3O/c1-5-7(4-15-6(2)17)8(10(11,12)13)3-9(14)16-5/h3H,4H2,1-2H3,(H2,14,16)(H,15,17). The average molecular weight is 247 g/mol. The van der Waals surface area contributed by atoms with Gasteiger partial charge in [-0.3, -0.25) is 4.79 Å². The molecule has 94 valence electrons. The Morgan fingerprint density at radius 3 is 2.59 bits per heavy atom. The van der Waals surface area contributed by atoms with Crippen LogP contribution in [-0.4, -0.2) is 10.9 Å². The molecule has 0 atom stereocenters. The van der Waals surface area contributed by atoms with Gasteiger partial charge < -0.3 is 11.1 Å². The summed E-state index contributed by atoms with van der Waals surface area (Å²) < 4.78 is 38.2. The normalized spacial score (nSPS) is 11.4. The molecule has 0 aliphatic carbocycles. The first-order valence-corrected chi connectivity index (χ1v) is 4.79. The quantitative estimate of drug-likeness (QED) is 0.834. The third-order valence-corrected chi connectivity index (χ3v) is 2.17. The summed E-state index contributed by atoms with van der Waals surface area (Å²) in [5.41, 5.74) is 4.51. The van der Waals surface area contributed by atoms with Crippen molar-refractivity contribution in [2.24, 2.45) is 0 Å². The van der Waals surface area contributed by atoms with Crippen LogP contribution in [0, 0.1) is 6.92 Å². The molecule has 0 spiro atoms. The third-order valence-electron chi connectivity index (χ3n) is 2.17. The second kappa shape index (κ2) is 4.60. The number of anilines is 1. The van der Waals surface area contributed by atoms with Gasteiger partial charge in [0.25, 0.3) is 0 Å². The Morgan fingerprint density at radius 2 is 2.12 bits per heavy atom. The molecule has 7 heteroatoms. The maximum atomic E-state index is 12.7. The van der Waals surface area contributed by atoms with Crippen LogP contribution in [0.25, 0.3) is 0 Å². The first kappa shape index (κ1) is 13.3. The maximum absolute atomic E-state index is 12.7. The zero-order valence-electron chi connectivity index (χ0n) is 9.35. The number of rotatable bonds is 2.